The minimum absolute atomic E-state index is 0.160. The summed E-state index contributed by atoms with van der Waals surface area (Å²) in [6.45, 7) is 2.36. The van der Waals surface area contributed by atoms with Gasteiger partial charge in [-0.15, -0.1) is 0 Å². The lowest BCUT2D eigenvalue weighted by atomic mass is 10.1. The normalized spacial score (nSPS) is 17.5. The molecule has 1 heterocycles. The van der Waals surface area contributed by atoms with Crippen LogP contribution in [-0.4, -0.2) is 42.7 Å². The number of nitro groups is 1. The van der Waals surface area contributed by atoms with Gasteiger partial charge in [0.05, 0.1) is 17.6 Å². The van der Waals surface area contributed by atoms with E-state index in [0.717, 1.165) is 25.6 Å². The number of benzene rings is 1. The second-order valence-electron chi connectivity index (χ2n) is 4.87. The van der Waals surface area contributed by atoms with Crippen LogP contribution in [0.1, 0.15) is 16.8 Å². The van der Waals surface area contributed by atoms with Crippen molar-refractivity contribution < 1.29 is 19.6 Å². The van der Waals surface area contributed by atoms with Crippen LogP contribution >= 0.6 is 0 Å². The van der Waals surface area contributed by atoms with Crippen LogP contribution in [0.3, 0.4) is 0 Å². The predicted molar refractivity (Wildman–Crippen MR) is 76.1 cm³/mol. The predicted octanol–water partition coefficient (Wildman–Crippen LogP) is 1.32. The smallest absolute Gasteiger partial charge is 0.336 e. The molecular formula is C13H17N3O5. The first-order chi connectivity index (χ1) is 10.0. The van der Waals surface area contributed by atoms with E-state index in [1.54, 1.807) is 0 Å². The largest absolute Gasteiger partial charge is 0.494 e. The standard InChI is InChI=1S/C13H17N3O5/c1-21-11-5-9(13(17)18)4-10(16(19)20)12(11)15-7-8-2-3-14-6-8/h4-5,8,14-15H,2-3,6-7H2,1H3,(H,17,18)/t8-/m0/s1. The fraction of sp³-hybridized carbons (Fsp3) is 0.462. The van der Waals surface area contributed by atoms with E-state index in [9.17, 15) is 14.9 Å². The first-order valence-corrected chi connectivity index (χ1v) is 6.57. The lowest BCUT2D eigenvalue weighted by Crippen LogP contribution is -2.18. The van der Waals surface area contributed by atoms with Gasteiger partial charge in [-0.1, -0.05) is 0 Å². The van der Waals surface area contributed by atoms with Gasteiger partial charge in [-0.25, -0.2) is 4.79 Å². The van der Waals surface area contributed by atoms with Crippen molar-refractivity contribution in [2.75, 3.05) is 32.1 Å². The van der Waals surface area contributed by atoms with E-state index in [1.807, 2.05) is 0 Å². The number of methoxy groups -OCH3 is 1. The van der Waals surface area contributed by atoms with E-state index in [1.165, 1.54) is 13.2 Å². The molecule has 0 aliphatic carbocycles. The van der Waals surface area contributed by atoms with E-state index in [2.05, 4.69) is 10.6 Å². The fourth-order valence-electron chi connectivity index (χ4n) is 2.34. The number of carboxylic acid groups (broad SMARTS) is 1. The minimum atomic E-state index is -1.23. The highest BCUT2D eigenvalue weighted by atomic mass is 16.6. The zero-order valence-corrected chi connectivity index (χ0v) is 11.6. The number of nitrogens with one attached hydrogen (secondary N) is 2. The highest BCUT2D eigenvalue weighted by Crippen LogP contribution is 2.36. The van der Waals surface area contributed by atoms with Crippen molar-refractivity contribution in [2.45, 2.75) is 6.42 Å². The van der Waals surface area contributed by atoms with Crippen LogP contribution in [0.5, 0.6) is 5.75 Å². The number of carbonyl (C=O) groups is 1. The van der Waals surface area contributed by atoms with Crippen molar-refractivity contribution in [1.29, 1.82) is 0 Å². The first-order valence-electron chi connectivity index (χ1n) is 6.57. The summed E-state index contributed by atoms with van der Waals surface area (Å²) in [4.78, 5) is 21.6. The molecule has 1 saturated heterocycles. The summed E-state index contributed by atoms with van der Waals surface area (Å²) in [7, 11) is 1.35. The minimum Gasteiger partial charge on any atom is -0.494 e. The summed E-state index contributed by atoms with van der Waals surface area (Å²) in [5.74, 6) is -0.691. The van der Waals surface area contributed by atoms with E-state index in [4.69, 9.17) is 9.84 Å². The number of aromatic carboxylic acids is 1. The number of anilines is 1. The van der Waals surface area contributed by atoms with E-state index < -0.39 is 10.9 Å². The maximum Gasteiger partial charge on any atom is 0.336 e. The Labute approximate surface area is 121 Å². The van der Waals surface area contributed by atoms with E-state index >= 15 is 0 Å². The number of nitro benzene ring substituents is 1. The highest BCUT2D eigenvalue weighted by Gasteiger charge is 2.24. The molecule has 8 heteroatoms. The molecule has 0 spiro atoms. The Kier molecular flexibility index (Phi) is 4.59. The maximum atomic E-state index is 11.2. The Morgan fingerprint density at radius 3 is 2.90 bits per heavy atom. The molecule has 0 radical (unpaired) electrons. The Hall–Kier alpha value is -2.35. The molecule has 21 heavy (non-hydrogen) atoms. The van der Waals surface area contributed by atoms with Crippen molar-refractivity contribution in [2.24, 2.45) is 5.92 Å². The van der Waals surface area contributed by atoms with Gasteiger partial charge < -0.3 is 20.5 Å². The van der Waals surface area contributed by atoms with Gasteiger partial charge in [0.15, 0.2) is 5.69 Å². The third kappa shape index (κ3) is 3.40. The molecule has 1 aliphatic rings. The quantitative estimate of drug-likeness (QED) is 0.535. The molecule has 0 amide bonds. The third-order valence-corrected chi connectivity index (χ3v) is 3.47. The van der Waals surface area contributed by atoms with Crippen LogP contribution in [0.2, 0.25) is 0 Å². The number of ether oxygens (including phenoxy) is 1. The summed E-state index contributed by atoms with van der Waals surface area (Å²) in [5, 5.41) is 26.4. The lowest BCUT2D eigenvalue weighted by molar-refractivity contribution is -0.384. The molecule has 1 aromatic carbocycles. The molecule has 3 N–H and O–H groups in total. The number of rotatable bonds is 6. The van der Waals surface area contributed by atoms with Gasteiger partial charge in [-0.05, 0) is 31.5 Å². The topological polar surface area (TPSA) is 114 Å². The summed E-state index contributed by atoms with van der Waals surface area (Å²) in [6, 6.07) is 2.32. The second-order valence-corrected chi connectivity index (χ2v) is 4.87. The molecule has 1 fully saturated rings. The van der Waals surface area contributed by atoms with Gasteiger partial charge in [0.2, 0.25) is 0 Å². The molecule has 0 unspecified atom stereocenters. The SMILES string of the molecule is COc1cc(C(=O)O)cc([N+](=O)[O-])c1NC[C@H]1CCNC1. The summed E-state index contributed by atoms with van der Waals surface area (Å²) < 4.78 is 5.10. The first kappa shape index (κ1) is 15.0. The molecular weight excluding hydrogens is 278 g/mol. The summed E-state index contributed by atoms with van der Waals surface area (Å²) in [5.41, 5.74) is -0.247. The third-order valence-electron chi connectivity index (χ3n) is 3.47. The summed E-state index contributed by atoms with van der Waals surface area (Å²) in [6.07, 6.45) is 0.996. The van der Waals surface area contributed by atoms with Gasteiger partial charge in [-0.3, -0.25) is 10.1 Å². The van der Waals surface area contributed by atoms with E-state index in [-0.39, 0.29) is 22.7 Å². The van der Waals surface area contributed by atoms with Crippen LogP contribution < -0.4 is 15.4 Å². The van der Waals surface area contributed by atoms with Crippen molar-refractivity contribution in [1.82, 2.24) is 5.32 Å². The summed E-state index contributed by atoms with van der Waals surface area (Å²) >= 11 is 0. The molecule has 0 bridgehead atoms. The molecule has 1 aromatic rings. The second kappa shape index (κ2) is 6.40. The molecule has 1 atom stereocenters. The zero-order valence-electron chi connectivity index (χ0n) is 11.6. The van der Waals surface area contributed by atoms with Crippen molar-refractivity contribution in [3.05, 3.63) is 27.8 Å². The zero-order chi connectivity index (χ0) is 15.4. The molecule has 2 rings (SSSR count). The van der Waals surface area contributed by atoms with Gasteiger partial charge in [0.25, 0.3) is 5.69 Å². The average Bonchev–Trinajstić information content (AvgIpc) is 2.97. The van der Waals surface area contributed by atoms with Gasteiger partial charge >= 0.3 is 5.97 Å². The Bertz CT molecular complexity index is 555. The number of nitrogens with zero attached hydrogens (tertiary/aromatic N) is 1. The Morgan fingerprint density at radius 2 is 2.38 bits per heavy atom. The van der Waals surface area contributed by atoms with E-state index in [0.29, 0.717) is 12.5 Å². The molecule has 1 aliphatic heterocycles. The molecule has 0 saturated carbocycles. The van der Waals surface area contributed by atoms with Gasteiger partial charge in [-0.2, -0.15) is 0 Å². The maximum absolute atomic E-state index is 11.2. The van der Waals surface area contributed by atoms with Crippen LogP contribution in [-0.2, 0) is 0 Å². The highest BCUT2D eigenvalue weighted by molar-refractivity contribution is 5.91. The van der Waals surface area contributed by atoms with Crippen LogP contribution in [0.15, 0.2) is 12.1 Å². The Morgan fingerprint density at radius 1 is 1.62 bits per heavy atom. The Balaban J connectivity index is 2.31. The van der Waals surface area contributed by atoms with Crippen molar-refractivity contribution >= 4 is 17.3 Å². The number of hydrogen-bond donors (Lipinski definition) is 3. The van der Waals surface area contributed by atoms with Crippen molar-refractivity contribution in [3.8, 4) is 5.75 Å². The molecule has 8 nitrogen and oxygen atoms in total. The average molecular weight is 295 g/mol. The fourth-order valence-corrected chi connectivity index (χ4v) is 2.34. The van der Waals surface area contributed by atoms with Crippen LogP contribution in [0, 0.1) is 16.0 Å². The van der Waals surface area contributed by atoms with Crippen LogP contribution in [0.4, 0.5) is 11.4 Å². The molecule has 0 aromatic heterocycles. The van der Waals surface area contributed by atoms with Gasteiger partial charge in [0, 0.05) is 12.6 Å². The number of carboxylic acids is 1. The van der Waals surface area contributed by atoms with Crippen molar-refractivity contribution in [3.63, 3.8) is 0 Å². The van der Waals surface area contributed by atoms with Gasteiger partial charge in [0.1, 0.15) is 5.75 Å². The van der Waals surface area contributed by atoms with Crippen LogP contribution in [0.25, 0.3) is 0 Å². The lowest BCUT2D eigenvalue weighted by Gasteiger charge is -2.15. The molecule has 114 valence electrons. The number of hydrogen-bond acceptors (Lipinski definition) is 6. The monoisotopic (exact) mass is 295 g/mol.